The number of carbonyl (C=O) groups excluding carboxylic acids is 1. The quantitative estimate of drug-likeness (QED) is 0.747. The first kappa shape index (κ1) is 15.0. The lowest BCUT2D eigenvalue weighted by molar-refractivity contribution is 0.0944. The second kappa shape index (κ2) is 6.43. The van der Waals surface area contributed by atoms with Crippen LogP contribution < -0.4 is 5.32 Å². The number of aromatic amines is 1. The molecule has 0 spiro atoms. The summed E-state index contributed by atoms with van der Waals surface area (Å²) in [5.74, 6) is 1.26. The van der Waals surface area contributed by atoms with Gasteiger partial charge >= 0.3 is 0 Å². The van der Waals surface area contributed by atoms with Crippen LogP contribution in [0, 0.1) is 6.92 Å². The summed E-state index contributed by atoms with van der Waals surface area (Å²) in [5, 5.41) is 14.1. The lowest BCUT2D eigenvalue weighted by Crippen LogP contribution is -2.27. The number of H-pyrrole nitrogens is 1. The van der Waals surface area contributed by atoms with Crippen LogP contribution in [0.2, 0.25) is 0 Å². The van der Waals surface area contributed by atoms with Crippen molar-refractivity contribution in [3.8, 4) is 11.4 Å². The molecular formula is C16H18N6O. The molecule has 23 heavy (non-hydrogen) atoms. The zero-order chi connectivity index (χ0) is 16.2. The molecule has 0 aliphatic heterocycles. The summed E-state index contributed by atoms with van der Waals surface area (Å²) >= 11 is 0. The number of amides is 1. The number of aromatic nitrogens is 5. The monoisotopic (exact) mass is 310 g/mol. The molecule has 0 bridgehead atoms. The molecule has 118 valence electrons. The Labute approximate surface area is 133 Å². The lowest BCUT2D eigenvalue weighted by Gasteiger charge is -2.03. The third kappa shape index (κ3) is 3.45. The van der Waals surface area contributed by atoms with Crippen molar-refractivity contribution in [3.63, 3.8) is 0 Å². The molecule has 0 atom stereocenters. The highest BCUT2D eigenvalue weighted by atomic mass is 16.2. The summed E-state index contributed by atoms with van der Waals surface area (Å²) in [6.07, 6.45) is 0.586. The molecule has 0 aliphatic rings. The molecule has 3 rings (SSSR count). The van der Waals surface area contributed by atoms with Crippen molar-refractivity contribution >= 4 is 5.91 Å². The highest BCUT2D eigenvalue weighted by Gasteiger charge is 2.11. The summed E-state index contributed by atoms with van der Waals surface area (Å²) in [7, 11) is 1.75. The number of hydrogen-bond acceptors (Lipinski definition) is 4. The summed E-state index contributed by atoms with van der Waals surface area (Å²) < 4.78 is 1.58. The van der Waals surface area contributed by atoms with Gasteiger partial charge in [0.1, 0.15) is 11.5 Å². The average molecular weight is 310 g/mol. The van der Waals surface area contributed by atoms with Gasteiger partial charge in [0.15, 0.2) is 5.82 Å². The molecule has 0 unspecified atom stereocenters. The fourth-order valence-corrected chi connectivity index (χ4v) is 2.33. The van der Waals surface area contributed by atoms with E-state index < -0.39 is 0 Å². The molecule has 2 aromatic heterocycles. The maximum absolute atomic E-state index is 12.1. The minimum absolute atomic E-state index is 0.143. The maximum Gasteiger partial charge on any atom is 0.269 e. The van der Waals surface area contributed by atoms with Crippen molar-refractivity contribution in [2.45, 2.75) is 13.3 Å². The van der Waals surface area contributed by atoms with E-state index in [0.29, 0.717) is 24.5 Å². The van der Waals surface area contributed by atoms with E-state index in [1.807, 2.05) is 37.3 Å². The number of carbonyl (C=O) groups is 1. The van der Waals surface area contributed by atoms with Gasteiger partial charge in [-0.1, -0.05) is 30.3 Å². The summed E-state index contributed by atoms with van der Waals surface area (Å²) in [4.78, 5) is 16.5. The van der Waals surface area contributed by atoms with E-state index in [1.54, 1.807) is 17.8 Å². The first-order valence-electron chi connectivity index (χ1n) is 7.39. The van der Waals surface area contributed by atoms with E-state index in [1.165, 1.54) is 0 Å². The molecule has 1 amide bonds. The third-order valence-corrected chi connectivity index (χ3v) is 3.45. The molecule has 2 heterocycles. The Morgan fingerprint density at radius 1 is 1.30 bits per heavy atom. The van der Waals surface area contributed by atoms with Gasteiger partial charge < -0.3 is 5.32 Å². The Balaban J connectivity index is 1.56. The molecule has 0 saturated heterocycles. The highest BCUT2D eigenvalue weighted by molar-refractivity contribution is 5.92. The van der Waals surface area contributed by atoms with Gasteiger partial charge in [-0.25, -0.2) is 4.98 Å². The van der Waals surface area contributed by atoms with E-state index in [0.717, 1.165) is 17.1 Å². The van der Waals surface area contributed by atoms with Crippen LogP contribution in [0.5, 0.6) is 0 Å². The van der Waals surface area contributed by atoms with Gasteiger partial charge in [0.05, 0.1) is 5.69 Å². The van der Waals surface area contributed by atoms with E-state index in [9.17, 15) is 4.79 Å². The van der Waals surface area contributed by atoms with E-state index in [-0.39, 0.29) is 5.91 Å². The molecule has 0 saturated carbocycles. The molecule has 7 heteroatoms. The fourth-order valence-electron chi connectivity index (χ4n) is 2.33. The topological polar surface area (TPSA) is 88.5 Å². The van der Waals surface area contributed by atoms with E-state index in [2.05, 4.69) is 25.6 Å². The maximum atomic E-state index is 12.1. The predicted octanol–water partition coefficient (Wildman–Crippen LogP) is 1.49. The van der Waals surface area contributed by atoms with Crippen molar-refractivity contribution in [2.24, 2.45) is 7.05 Å². The van der Waals surface area contributed by atoms with Crippen molar-refractivity contribution in [1.82, 2.24) is 30.3 Å². The molecule has 0 radical (unpaired) electrons. The number of rotatable bonds is 5. The third-order valence-electron chi connectivity index (χ3n) is 3.45. The first-order chi connectivity index (χ1) is 11.1. The number of nitrogens with one attached hydrogen (secondary N) is 2. The predicted molar refractivity (Wildman–Crippen MR) is 85.8 cm³/mol. The standard InChI is InChI=1S/C16H18N6O/c1-11-10-13(22(2)21-11)16(23)17-9-8-14-18-15(20-19-14)12-6-4-3-5-7-12/h3-7,10H,8-9H2,1-2H3,(H,17,23)(H,18,19,20). The Kier molecular flexibility index (Phi) is 4.18. The van der Waals surface area contributed by atoms with Crippen molar-refractivity contribution < 1.29 is 4.79 Å². The van der Waals surface area contributed by atoms with Gasteiger partial charge in [-0.3, -0.25) is 14.6 Å². The molecular weight excluding hydrogens is 292 g/mol. The number of benzene rings is 1. The van der Waals surface area contributed by atoms with Crippen molar-refractivity contribution in [3.05, 3.63) is 53.6 Å². The van der Waals surface area contributed by atoms with Crippen LogP contribution >= 0.6 is 0 Å². The summed E-state index contributed by atoms with van der Waals surface area (Å²) in [6.45, 7) is 2.34. The SMILES string of the molecule is Cc1cc(C(=O)NCCc2nc(-c3ccccc3)n[nH]2)n(C)n1. The number of hydrogen-bond donors (Lipinski definition) is 2. The lowest BCUT2D eigenvalue weighted by atomic mass is 10.2. The summed E-state index contributed by atoms with van der Waals surface area (Å²) in [5.41, 5.74) is 2.33. The molecule has 0 aliphatic carbocycles. The zero-order valence-corrected chi connectivity index (χ0v) is 13.1. The van der Waals surface area contributed by atoms with Gasteiger partial charge in [0.2, 0.25) is 0 Å². The van der Waals surface area contributed by atoms with Crippen LogP contribution in [-0.4, -0.2) is 37.4 Å². The molecule has 2 N–H and O–H groups in total. The van der Waals surface area contributed by atoms with Gasteiger partial charge in [-0.2, -0.15) is 10.2 Å². The zero-order valence-electron chi connectivity index (χ0n) is 13.1. The van der Waals surface area contributed by atoms with Crippen LogP contribution in [0.3, 0.4) is 0 Å². The second-order valence-corrected chi connectivity index (χ2v) is 5.27. The largest absolute Gasteiger partial charge is 0.350 e. The Morgan fingerprint density at radius 2 is 2.09 bits per heavy atom. The van der Waals surface area contributed by atoms with Gasteiger partial charge in [0.25, 0.3) is 5.91 Å². The number of nitrogens with zero attached hydrogens (tertiary/aromatic N) is 4. The average Bonchev–Trinajstić information content (AvgIpc) is 3.14. The minimum atomic E-state index is -0.143. The molecule has 1 aromatic carbocycles. The van der Waals surface area contributed by atoms with Gasteiger partial charge in [0, 0.05) is 25.6 Å². The Bertz CT molecular complexity index is 805. The fraction of sp³-hybridized carbons (Fsp3) is 0.250. The first-order valence-corrected chi connectivity index (χ1v) is 7.39. The minimum Gasteiger partial charge on any atom is -0.350 e. The van der Waals surface area contributed by atoms with Crippen molar-refractivity contribution in [1.29, 1.82) is 0 Å². The summed E-state index contributed by atoms with van der Waals surface area (Å²) in [6, 6.07) is 11.5. The molecule has 0 fully saturated rings. The van der Waals surface area contributed by atoms with E-state index in [4.69, 9.17) is 0 Å². The normalized spacial score (nSPS) is 10.7. The smallest absolute Gasteiger partial charge is 0.269 e. The van der Waals surface area contributed by atoms with E-state index >= 15 is 0 Å². The van der Waals surface area contributed by atoms with Crippen LogP contribution in [0.1, 0.15) is 22.0 Å². The van der Waals surface area contributed by atoms with Crippen LogP contribution in [0.15, 0.2) is 36.4 Å². The van der Waals surface area contributed by atoms with Gasteiger partial charge in [-0.15, -0.1) is 0 Å². The Hall–Kier alpha value is -2.96. The molecule has 3 aromatic rings. The second-order valence-electron chi connectivity index (χ2n) is 5.27. The number of aryl methyl sites for hydroxylation is 2. The van der Waals surface area contributed by atoms with Crippen molar-refractivity contribution in [2.75, 3.05) is 6.54 Å². The Morgan fingerprint density at radius 3 is 2.78 bits per heavy atom. The van der Waals surface area contributed by atoms with Crippen LogP contribution in [-0.2, 0) is 13.5 Å². The van der Waals surface area contributed by atoms with Crippen LogP contribution in [0.25, 0.3) is 11.4 Å². The van der Waals surface area contributed by atoms with Gasteiger partial charge in [-0.05, 0) is 13.0 Å². The highest BCUT2D eigenvalue weighted by Crippen LogP contribution is 2.13. The van der Waals surface area contributed by atoms with Crippen LogP contribution in [0.4, 0.5) is 0 Å². The molecule has 7 nitrogen and oxygen atoms in total.